The Kier molecular flexibility index (Phi) is 6.30. The molecule has 2 rings (SSSR count). The number of aryl methyl sites for hydroxylation is 2. The quantitative estimate of drug-likeness (QED) is 0.373. The van der Waals surface area contributed by atoms with Crippen molar-refractivity contribution in [3.05, 3.63) is 46.5 Å². The van der Waals surface area contributed by atoms with Gasteiger partial charge < -0.3 is 21.7 Å². The first kappa shape index (κ1) is 26.7. The van der Waals surface area contributed by atoms with Gasteiger partial charge in [0.25, 0.3) is 0 Å². The van der Waals surface area contributed by atoms with Crippen LogP contribution in [0.2, 0.25) is 0 Å². The summed E-state index contributed by atoms with van der Waals surface area (Å²) < 4.78 is 107. The van der Waals surface area contributed by atoms with Crippen molar-refractivity contribution in [3.8, 4) is 0 Å². The first-order chi connectivity index (χ1) is 14.6. The van der Waals surface area contributed by atoms with E-state index in [1.54, 1.807) is 0 Å². The van der Waals surface area contributed by atoms with E-state index in [1.807, 2.05) is 0 Å². The minimum atomic E-state index is -5.22. The summed E-state index contributed by atoms with van der Waals surface area (Å²) in [5.41, 5.74) is 1.14. The van der Waals surface area contributed by atoms with E-state index >= 15 is 0 Å². The number of aliphatic hydroxyl groups is 2. The Bertz CT molecular complexity index is 1120. The number of alkyl halides is 6. The summed E-state index contributed by atoms with van der Waals surface area (Å²) in [6.45, 7) is 3.19. The van der Waals surface area contributed by atoms with Crippen molar-refractivity contribution in [2.75, 3.05) is 11.5 Å². The van der Waals surface area contributed by atoms with Crippen LogP contribution in [0.15, 0.2) is 34.1 Å². The minimum Gasteiger partial charge on any atom is -0.398 e. The van der Waals surface area contributed by atoms with Crippen molar-refractivity contribution in [2.24, 2.45) is 0 Å². The van der Waals surface area contributed by atoms with Gasteiger partial charge in [-0.05, 0) is 63.1 Å². The summed E-state index contributed by atoms with van der Waals surface area (Å²) >= 11 is 0. The summed E-state index contributed by atoms with van der Waals surface area (Å²) in [5.74, 6) is 0. The van der Waals surface area contributed by atoms with Gasteiger partial charge in [0.05, 0.1) is 9.79 Å². The zero-order valence-corrected chi connectivity index (χ0v) is 18.7. The number of anilines is 2. The molecule has 0 aliphatic carbocycles. The lowest BCUT2D eigenvalue weighted by molar-refractivity contribution is -0.258. The highest BCUT2D eigenvalue weighted by molar-refractivity contribution is 7.91. The highest BCUT2D eigenvalue weighted by Crippen LogP contribution is 2.45. The standard InChI is InChI=1S/C20H22F6N2O4S/c1-9-5-11(7-13(15(9)27)17(3,29)19(21,22)23)33(31,32)12-6-10(2)16(28)14(8-12)18(4,30)20(24,25)26/h5-8,29-30H,27-28H2,1-4H3. The summed E-state index contributed by atoms with van der Waals surface area (Å²) in [6.07, 6.45) is -10.4. The van der Waals surface area contributed by atoms with Gasteiger partial charge in [-0.3, -0.25) is 0 Å². The zero-order chi connectivity index (χ0) is 25.9. The first-order valence-electron chi connectivity index (χ1n) is 9.21. The molecule has 0 radical (unpaired) electrons. The molecule has 0 fully saturated rings. The molecule has 184 valence electrons. The molecule has 0 bridgehead atoms. The fourth-order valence-electron chi connectivity index (χ4n) is 3.09. The maximum Gasteiger partial charge on any atom is 0.421 e. The van der Waals surface area contributed by atoms with Crippen LogP contribution in [0.3, 0.4) is 0 Å². The van der Waals surface area contributed by atoms with E-state index in [4.69, 9.17) is 11.5 Å². The molecule has 0 aliphatic heterocycles. The number of hydrogen-bond donors (Lipinski definition) is 4. The van der Waals surface area contributed by atoms with Crippen LogP contribution in [0, 0.1) is 13.8 Å². The Hall–Kier alpha value is -2.51. The lowest BCUT2D eigenvalue weighted by atomic mass is 9.92. The topological polar surface area (TPSA) is 127 Å². The molecule has 6 N–H and O–H groups in total. The van der Waals surface area contributed by atoms with Crippen LogP contribution in [0.4, 0.5) is 37.7 Å². The van der Waals surface area contributed by atoms with Crippen molar-refractivity contribution in [3.63, 3.8) is 0 Å². The van der Waals surface area contributed by atoms with Crippen molar-refractivity contribution in [1.29, 1.82) is 0 Å². The van der Waals surface area contributed by atoms with Crippen molar-refractivity contribution < 1.29 is 45.0 Å². The van der Waals surface area contributed by atoms with Gasteiger partial charge in [-0.1, -0.05) is 0 Å². The molecule has 0 saturated carbocycles. The van der Waals surface area contributed by atoms with Gasteiger partial charge in [-0.2, -0.15) is 26.3 Å². The molecule has 0 amide bonds. The highest BCUT2D eigenvalue weighted by Gasteiger charge is 2.53. The lowest BCUT2D eigenvalue weighted by Crippen LogP contribution is -2.40. The van der Waals surface area contributed by atoms with Crippen LogP contribution in [0.25, 0.3) is 0 Å². The highest BCUT2D eigenvalue weighted by atomic mass is 32.2. The normalized spacial score (nSPS) is 16.8. The summed E-state index contributed by atoms with van der Waals surface area (Å²) in [4.78, 5) is -1.51. The Balaban J connectivity index is 2.85. The van der Waals surface area contributed by atoms with E-state index in [2.05, 4.69) is 0 Å². The number of sulfone groups is 1. The maximum absolute atomic E-state index is 13.4. The average molecular weight is 500 g/mol. The molecule has 2 aromatic carbocycles. The fourth-order valence-corrected chi connectivity index (χ4v) is 4.57. The van der Waals surface area contributed by atoms with Crippen LogP contribution >= 0.6 is 0 Å². The second kappa shape index (κ2) is 7.77. The zero-order valence-electron chi connectivity index (χ0n) is 17.9. The first-order valence-corrected chi connectivity index (χ1v) is 10.7. The molecule has 2 atom stereocenters. The second-order valence-electron chi connectivity index (χ2n) is 8.05. The van der Waals surface area contributed by atoms with Crippen molar-refractivity contribution in [2.45, 2.75) is 61.0 Å². The molecule has 2 aromatic rings. The Morgan fingerprint density at radius 1 is 0.697 bits per heavy atom. The summed E-state index contributed by atoms with van der Waals surface area (Å²) in [5, 5.41) is 20.1. The third kappa shape index (κ3) is 4.36. The van der Waals surface area contributed by atoms with Crippen LogP contribution in [-0.2, 0) is 21.0 Å². The number of halogens is 6. The molecule has 0 saturated heterocycles. The Morgan fingerprint density at radius 2 is 0.970 bits per heavy atom. The van der Waals surface area contributed by atoms with Gasteiger partial charge in [-0.25, -0.2) is 8.42 Å². The monoisotopic (exact) mass is 500 g/mol. The largest absolute Gasteiger partial charge is 0.421 e. The summed E-state index contributed by atoms with van der Waals surface area (Å²) in [7, 11) is -4.74. The molecular formula is C20H22F6N2O4S. The van der Waals surface area contributed by atoms with Crippen molar-refractivity contribution in [1.82, 2.24) is 0 Å². The maximum atomic E-state index is 13.4. The predicted octanol–water partition coefficient (Wildman–Crippen LogP) is 3.84. The van der Waals surface area contributed by atoms with E-state index in [1.165, 1.54) is 13.8 Å². The van der Waals surface area contributed by atoms with E-state index in [0.29, 0.717) is 26.0 Å². The van der Waals surface area contributed by atoms with Gasteiger partial charge in [0.2, 0.25) is 9.84 Å². The van der Waals surface area contributed by atoms with E-state index in [9.17, 15) is 45.0 Å². The van der Waals surface area contributed by atoms with E-state index in [-0.39, 0.29) is 11.1 Å². The molecule has 2 unspecified atom stereocenters. The third-order valence-electron chi connectivity index (χ3n) is 5.49. The predicted molar refractivity (Wildman–Crippen MR) is 108 cm³/mol. The van der Waals surface area contributed by atoms with Crippen molar-refractivity contribution >= 4 is 21.2 Å². The fraction of sp³-hybridized carbons (Fsp3) is 0.400. The Morgan fingerprint density at radius 3 is 1.21 bits per heavy atom. The SMILES string of the molecule is Cc1cc(S(=O)(=O)c2cc(C)c(N)c(C(C)(O)C(F)(F)F)c2)cc(C(C)(O)C(F)(F)F)c1N. The van der Waals surface area contributed by atoms with Crippen LogP contribution in [0.5, 0.6) is 0 Å². The third-order valence-corrected chi connectivity index (χ3v) is 7.21. The number of nitrogen functional groups attached to an aromatic ring is 2. The molecule has 0 aromatic heterocycles. The number of rotatable bonds is 4. The van der Waals surface area contributed by atoms with Crippen LogP contribution < -0.4 is 11.5 Å². The Labute approximate surface area is 185 Å². The van der Waals surface area contributed by atoms with Gasteiger partial charge in [0.15, 0.2) is 11.2 Å². The summed E-state index contributed by atoms with van der Waals surface area (Å²) in [6, 6.07) is 2.87. The molecule has 0 spiro atoms. The number of nitrogens with two attached hydrogens (primary N) is 2. The number of hydrogen-bond acceptors (Lipinski definition) is 6. The van der Waals surface area contributed by atoms with E-state index < -0.39 is 65.7 Å². The average Bonchev–Trinajstić information content (AvgIpc) is 2.63. The second-order valence-corrected chi connectivity index (χ2v) is 10.00. The number of benzene rings is 2. The van der Waals surface area contributed by atoms with Crippen LogP contribution in [-0.4, -0.2) is 31.0 Å². The molecular weight excluding hydrogens is 478 g/mol. The minimum absolute atomic E-state index is 0.120. The van der Waals surface area contributed by atoms with Crippen LogP contribution in [0.1, 0.15) is 36.1 Å². The smallest absolute Gasteiger partial charge is 0.398 e. The van der Waals surface area contributed by atoms with Gasteiger partial charge in [0, 0.05) is 22.5 Å². The molecule has 6 nitrogen and oxygen atoms in total. The van der Waals surface area contributed by atoms with E-state index in [0.717, 1.165) is 12.1 Å². The molecule has 13 heteroatoms. The molecule has 0 heterocycles. The van der Waals surface area contributed by atoms with Gasteiger partial charge in [-0.15, -0.1) is 0 Å². The molecule has 33 heavy (non-hydrogen) atoms. The van der Waals surface area contributed by atoms with Gasteiger partial charge >= 0.3 is 12.4 Å². The molecule has 0 aliphatic rings. The van der Waals surface area contributed by atoms with Gasteiger partial charge in [0.1, 0.15) is 0 Å². The lowest BCUT2D eigenvalue weighted by Gasteiger charge is -2.29.